The molecule has 0 bridgehead atoms. The van der Waals surface area contributed by atoms with Gasteiger partial charge in [0, 0.05) is 0 Å². The van der Waals surface area contributed by atoms with Gasteiger partial charge in [-0.3, -0.25) is 0 Å². The van der Waals surface area contributed by atoms with Crippen molar-refractivity contribution in [2.75, 3.05) is 6.54 Å². The third-order valence-corrected chi connectivity index (χ3v) is 0.901. The maximum absolute atomic E-state index is 5.25. The lowest BCUT2D eigenvalue weighted by Gasteiger charge is -1.92. The third kappa shape index (κ3) is 5.83. The summed E-state index contributed by atoms with van der Waals surface area (Å²) in [6.45, 7) is 6.73. The predicted octanol–water partition coefficient (Wildman–Crippen LogP) is 1.20. The van der Waals surface area contributed by atoms with E-state index < -0.39 is 0 Å². The minimum absolute atomic E-state index is 0.573. The molecule has 0 saturated carbocycles. The molecule has 7 heavy (non-hydrogen) atoms. The van der Waals surface area contributed by atoms with Crippen molar-refractivity contribution < 1.29 is 0 Å². The van der Waals surface area contributed by atoms with Crippen molar-refractivity contribution in [3.8, 4) is 0 Å². The van der Waals surface area contributed by atoms with Crippen molar-refractivity contribution in [2.45, 2.75) is 19.8 Å². The summed E-state index contributed by atoms with van der Waals surface area (Å²) in [4.78, 5) is 0. The van der Waals surface area contributed by atoms with Crippen LogP contribution in [0.15, 0.2) is 0 Å². The van der Waals surface area contributed by atoms with Gasteiger partial charge in [0.05, 0.1) is 12.8 Å². The van der Waals surface area contributed by atoms with Gasteiger partial charge < -0.3 is 5.73 Å². The number of nitrogens with two attached hydrogens (primary N) is 1. The lowest BCUT2D eigenvalue weighted by molar-refractivity contribution is 0.610. The monoisotopic (exact) mass is 100 g/mol. The molecular formula is C6H14N+. The van der Waals surface area contributed by atoms with E-state index >= 15 is 0 Å². The van der Waals surface area contributed by atoms with Gasteiger partial charge in [-0.25, -0.2) is 0 Å². The molecule has 0 fully saturated rings. The fourth-order valence-corrected chi connectivity index (χ4v) is 0.466. The Kier molecular flexibility index (Phi) is 3.90. The molecule has 0 aliphatic carbocycles. The van der Waals surface area contributed by atoms with Gasteiger partial charge in [-0.2, -0.15) is 0 Å². The smallest absolute Gasteiger partial charge is 0.0925 e. The topological polar surface area (TPSA) is 26.0 Å². The lowest BCUT2D eigenvalue weighted by Crippen LogP contribution is -2.00. The Bertz CT molecular complexity index is 33.2. The van der Waals surface area contributed by atoms with Crippen molar-refractivity contribution in [1.82, 2.24) is 0 Å². The van der Waals surface area contributed by atoms with E-state index in [-0.39, 0.29) is 0 Å². The lowest BCUT2D eigenvalue weighted by atomic mass is 10.1. The highest BCUT2D eigenvalue weighted by Gasteiger charge is 1.96. The fraction of sp³-hybridized carbons (Fsp3) is 0.833. The number of rotatable bonds is 3. The van der Waals surface area contributed by atoms with Gasteiger partial charge in [-0.15, -0.1) is 0 Å². The van der Waals surface area contributed by atoms with Crippen LogP contribution in [0, 0.1) is 12.8 Å². The average molecular weight is 100 g/mol. The summed E-state index contributed by atoms with van der Waals surface area (Å²) in [6.07, 6.45) is 2.28. The molecule has 1 heteroatoms. The van der Waals surface area contributed by atoms with Gasteiger partial charge in [0.2, 0.25) is 0 Å². The van der Waals surface area contributed by atoms with Crippen LogP contribution in [0.5, 0.6) is 0 Å². The van der Waals surface area contributed by atoms with Crippen molar-refractivity contribution >= 4 is 0 Å². The molecule has 0 spiro atoms. The second-order valence-corrected chi connectivity index (χ2v) is 2.04. The molecule has 0 aliphatic rings. The van der Waals surface area contributed by atoms with Crippen LogP contribution in [-0.4, -0.2) is 6.54 Å². The quantitative estimate of drug-likeness (QED) is 0.530. The zero-order valence-corrected chi connectivity index (χ0v) is 4.98. The Morgan fingerprint density at radius 2 is 2.29 bits per heavy atom. The highest BCUT2D eigenvalue weighted by atomic mass is 14.5. The van der Waals surface area contributed by atoms with Crippen LogP contribution >= 0.6 is 0 Å². The Labute approximate surface area is 45.9 Å². The zero-order chi connectivity index (χ0) is 5.70. The first-order valence-corrected chi connectivity index (χ1v) is 2.80. The molecule has 0 saturated heterocycles. The average Bonchev–Trinajstić information content (AvgIpc) is 1.61. The predicted molar refractivity (Wildman–Crippen MR) is 32.8 cm³/mol. The van der Waals surface area contributed by atoms with Gasteiger partial charge in [-0.1, -0.05) is 0 Å². The van der Waals surface area contributed by atoms with Crippen LogP contribution < -0.4 is 5.73 Å². The van der Waals surface area contributed by atoms with E-state index in [0.717, 1.165) is 19.4 Å². The zero-order valence-electron chi connectivity index (χ0n) is 4.98. The van der Waals surface area contributed by atoms with Gasteiger partial charge >= 0.3 is 0 Å². The van der Waals surface area contributed by atoms with Crippen LogP contribution in [-0.2, 0) is 0 Å². The number of hydrogen-bond donors (Lipinski definition) is 1. The molecule has 42 valence electrons. The Morgan fingerprint density at radius 1 is 1.71 bits per heavy atom. The molecule has 1 nitrogen and oxygen atoms in total. The molecule has 0 aromatic heterocycles. The normalized spacial score (nSPS) is 14.0. The first-order valence-electron chi connectivity index (χ1n) is 2.80. The van der Waals surface area contributed by atoms with Crippen LogP contribution in [0.2, 0.25) is 0 Å². The van der Waals surface area contributed by atoms with E-state index in [1.807, 2.05) is 0 Å². The minimum atomic E-state index is 0.573. The van der Waals surface area contributed by atoms with Crippen molar-refractivity contribution in [3.63, 3.8) is 0 Å². The number of hydrogen-bond acceptors (Lipinski definition) is 1. The van der Waals surface area contributed by atoms with Gasteiger partial charge in [0.1, 0.15) is 0 Å². The first-order chi connectivity index (χ1) is 3.27. The fourth-order valence-electron chi connectivity index (χ4n) is 0.466. The Morgan fingerprint density at radius 3 is 2.43 bits per heavy atom. The molecule has 0 heterocycles. The van der Waals surface area contributed by atoms with Crippen LogP contribution in [0.4, 0.5) is 0 Å². The van der Waals surface area contributed by atoms with E-state index in [1.165, 1.54) is 0 Å². The molecule has 0 radical (unpaired) electrons. The van der Waals surface area contributed by atoms with Crippen molar-refractivity contribution in [1.29, 1.82) is 0 Å². The van der Waals surface area contributed by atoms with E-state index in [4.69, 9.17) is 5.73 Å². The van der Waals surface area contributed by atoms with Gasteiger partial charge in [0.15, 0.2) is 0 Å². The summed E-state index contributed by atoms with van der Waals surface area (Å²) in [5, 5.41) is 0. The van der Waals surface area contributed by atoms with Gasteiger partial charge in [0.25, 0.3) is 0 Å². The van der Waals surface area contributed by atoms with E-state index in [0.29, 0.717) is 5.92 Å². The second-order valence-electron chi connectivity index (χ2n) is 2.04. The second kappa shape index (κ2) is 4.00. The largest absolute Gasteiger partial charge is 0.330 e. The van der Waals surface area contributed by atoms with E-state index in [9.17, 15) is 0 Å². The summed E-state index contributed by atoms with van der Waals surface area (Å²) in [5.41, 5.74) is 5.25. The SMILES string of the molecule is [CH2+]C(C)CCCN. The summed E-state index contributed by atoms with van der Waals surface area (Å²) < 4.78 is 0. The van der Waals surface area contributed by atoms with Crippen molar-refractivity contribution in [3.05, 3.63) is 6.92 Å². The molecule has 2 N–H and O–H groups in total. The molecule has 0 aliphatic heterocycles. The van der Waals surface area contributed by atoms with Crippen LogP contribution in [0.25, 0.3) is 0 Å². The standard InChI is InChI=1S/C6H14N/c1-6(2)4-3-5-7/h6H,1,3-5,7H2,2H3/q+1. The Balaban J connectivity index is 2.68. The van der Waals surface area contributed by atoms with Crippen LogP contribution in [0.3, 0.4) is 0 Å². The third-order valence-electron chi connectivity index (χ3n) is 0.901. The highest BCUT2D eigenvalue weighted by molar-refractivity contribution is 4.53. The summed E-state index contributed by atoms with van der Waals surface area (Å²) in [6, 6.07) is 0. The maximum atomic E-state index is 5.25. The molecule has 1 atom stereocenters. The van der Waals surface area contributed by atoms with Gasteiger partial charge in [-0.05, 0) is 26.3 Å². The van der Waals surface area contributed by atoms with E-state index in [2.05, 4.69) is 13.8 Å². The first kappa shape index (κ1) is 6.83. The molecule has 0 amide bonds. The molecule has 0 aromatic rings. The molecular weight excluding hydrogens is 86.1 g/mol. The summed E-state index contributed by atoms with van der Waals surface area (Å²) in [5.74, 6) is 0.573. The minimum Gasteiger partial charge on any atom is -0.330 e. The van der Waals surface area contributed by atoms with E-state index in [1.54, 1.807) is 0 Å². The molecule has 0 aromatic carbocycles. The highest BCUT2D eigenvalue weighted by Crippen LogP contribution is 1.99. The molecule has 1 unspecified atom stereocenters. The van der Waals surface area contributed by atoms with Crippen LogP contribution in [0.1, 0.15) is 19.8 Å². The summed E-state index contributed by atoms with van der Waals surface area (Å²) in [7, 11) is 0. The molecule has 0 rings (SSSR count). The van der Waals surface area contributed by atoms with Crippen molar-refractivity contribution in [2.24, 2.45) is 11.7 Å². The summed E-state index contributed by atoms with van der Waals surface area (Å²) >= 11 is 0. The maximum Gasteiger partial charge on any atom is 0.0925 e. The Hall–Kier alpha value is -0.170.